The minimum absolute atomic E-state index is 0.400. The van der Waals surface area contributed by atoms with Gasteiger partial charge in [-0.15, -0.1) is 0 Å². The Morgan fingerprint density at radius 2 is 2.08 bits per heavy atom. The number of hydrogen-bond donors (Lipinski definition) is 1. The van der Waals surface area contributed by atoms with Crippen LogP contribution in [-0.4, -0.2) is 37.0 Å². The lowest BCUT2D eigenvalue weighted by atomic mass is 10.0. The molecule has 4 rings (SSSR count). The van der Waals surface area contributed by atoms with Crippen LogP contribution >= 0.6 is 0 Å². The molecular formula is C19H22N4O. The maximum Gasteiger partial charge on any atom is 0.155 e. The second-order valence-electron chi connectivity index (χ2n) is 6.48. The highest BCUT2D eigenvalue weighted by atomic mass is 16.3. The Hall–Kier alpha value is -2.24. The third kappa shape index (κ3) is 3.05. The summed E-state index contributed by atoms with van der Waals surface area (Å²) >= 11 is 0. The molecule has 1 aliphatic rings. The van der Waals surface area contributed by atoms with Gasteiger partial charge in [0.05, 0.1) is 24.2 Å². The molecule has 0 saturated carbocycles. The smallest absolute Gasteiger partial charge is 0.155 e. The summed E-state index contributed by atoms with van der Waals surface area (Å²) in [5.41, 5.74) is 3.06. The molecule has 3 heterocycles. The monoisotopic (exact) mass is 322 g/mol. The van der Waals surface area contributed by atoms with E-state index < -0.39 is 6.10 Å². The summed E-state index contributed by atoms with van der Waals surface area (Å²) in [6.45, 7) is 1.93. The lowest BCUT2D eigenvalue weighted by Gasteiger charge is -2.26. The minimum Gasteiger partial charge on any atom is -0.388 e. The van der Waals surface area contributed by atoms with Crippen molar-refractivity contribution in [3.05, 3.63) is 66.4 Å². The first kappa shape index (κ1) is 15.3. The Morgan fingerprint density at radius 3 is 2.96 bits per heavy atom. The van der Waals surface area contributed by atoms with Crippen molar-refractivity contribution in [3.63, 3.8) is 0 Å². The van der Waals surface area contributed by atoms with Crippen LogP contribution in [0.15, 0.2) is 55.1 Å². The second kappa shape index (κ2) is 6.71. The van der Waals surface area contributed by atoms with Crippen molar-refractivity contribution >= 4 is 5.65 Å². The second-order valence-corrected chi connectivity index (χ2v) is 6.48. The SMILES string of the molecule is OC(CC1CCCN1Cc1cnc2cnccn12)c1ccccc1. The molecule has 2 aromatic heterocycles. The first-order valence-electron chi connectivity index (χ1n) is 8.54. The number of benzene rings is 1. The number of hydrogen-bond acceptors (Lipinski definition) is 4. The van der Waals surface area contributed by atoms with Crippen molar-refractivity contribution in [2.24, 2.45) is 0 Å². The number of aliphatic hydroxyl groups excluding tert-OH is 1. The number of likely N-dealkylation sites (tertiary alicyclic amines) is 1. The summed E-state index contributed by atoms with van der Waals surface area (Å²) in [6.07, 6.45) is 10.2. The maximum absolute atomic E-state index is 10.5. The number of fused-ring (bicyclic) bond motifs is 1. The standard InChI is InChI=1S/C19H22N4O/c24-18(15-5-2-1-3-6-15)11-16-7-4-9-22(16)14-17-12-21-19-13-20-8-10-23(17)19/h1-3,5-6,8,10,12-13,16,18,24H,4,7,9,11,14H2. The topological polar surface area (TPSA) is 53.7 Å². The third-order valence-electron chi connectivity index (χ3n) is 4.94. The van der Waals surface area contributed by atoms with E-state index in [1.165, 1.54) is 12.1 Å². The Labute approximate surface area is 141 Å². The first-order valence-corrected chi connectivity index (χ1v) is 8.54. The lowest BCUT2D eigenvalue weighted by Crippen LogP contribution is -2.30. The Morgan fingerprint density at radius 1 is 1.21 bits per heavy atom. The van der Waals surface area contributed by atoms with Crippen LogP contribution in [0.25, 0.3) is 5.65 Å². The number of aliphatic hydroxyl groups is 1. The van der Waals surface area contributed by atoms with Crippen molar-refractivity contribution in [1.29, 1.82) is 0 Å². The summed E-state index contributed by atoms with van der Waals surface area (Å²) in [5, 5.41) is 10.5. The van der Waals surface area contributed by atoms with Crippen LogP contribution in [-0.2, 0) is 6.54 Å². The summed E-state index contributed by atoms with van der Waals surface area (Å²) in [4.78, 5) is 11.0. The van der Waals surface area contributed by atoms with Crippen LogP contribution in [0.4, 0.5) is 0 Å². The molecule has 0 bridgehead atoms. The molecule has 1 N–H and O–H groups in total. The number of aromatic nitrogens is 3. The Kier molecular flexibility index (Phi) is 4.28. The zero-order valence-electron chi connectivity index (χ0n) is 13.6. The predicted octanol–water partition coefficient (Wildman–Crippen LogP) is 2.82. The van der Waals surface area contributed by atoms with Crippen molar-refractivity contribution < 1.29 is 5.11 Å². The molecule has 1 fully saturated rings. The zero-order valence-corrected chi connectivity index (χ0v) is 13.6. The highest BCUT2D eigenvalue weighted by Crippen LogP contribution is 2.28. The first-order chi connectivity index (χ1) is 11.8. The molecule has 2 unspecified atom stereocenters. The number of nitrogens with zero attached hydrogens (tertiary/aromatic N) is 4. The molecule has 5 nitrogen and oxygen atoms in total. The quantitative estimate of drug-likeness (QED) is 0.785. The van der Waals surface area contributed by atoms with Gasteiger partial charge < -0.3 is 5.11 Å². The van der Waals surface area contributed by atoms with Gasteiger partial charge in [0.25, 0.3) is 0 Å². The van der Waals surface area contributed by atoms with Crippen molar-refractivity contribution in [1.82, 2.24) is 19.3 Å². The molecule has 1 aliphatic heterocycles. The fourth-order valence-electron chi connectivity index (χ4n) is 3.66. The maximum atomic E-state index is 10.5. The highest BCUT2D eigenvalue weighted by molar-refractivity contribution is 5.36. The van der Waals surface area contributed by atoms with Crippen LogP contribution in [0.5, 0.6) is 0 Å². The van der Waals surface area contributed by atoms with Gasteiger partial charge in [0, 0.05) is 25.0 Å². The van der Waals surface area contributed by atoms with Gasteiger partial charge >= 0.3 is 0 Å². The van der Waals surface area contributed by atoms with E-state index in [0.29, 0.717) is 6.04 Å². The van der Waals surface area contributed by atoms with Gasteiger partial charge in [-0.3, -0.25) is 14.3 Å². The van der Waals surface area contributed by atoms with Crippen LogP contribution in [0.2, 0.25) is 0 Å². The summed E-state index contributed by atoms with van der Waals surface area (Å²) < 4.78 is 2.09. The van der Waals surface area contributed by atoms with Gasteiger partial charge in [0.15, 0.2) is 5.65 Å². The predicted molar refractivity (Wildman–Crippen MR) is 92.4 cm³/mol. The molecule has 0 spiro atoms. The molecule has 124 valence electrons. The van der Waals surface area contributed by atoms with E-state index >= 15 is 0 Å². The van der Waals surface area contributed by atoms with Crippen molar-refractivity contribution in [3.8, 4) is 0 Å². The molecule has 1 saturated heterocycles. The molecule has 3 aromatic rings. The van der Waals surface area contributed by atoms with Crippen molar-refractivity contribution in [2.75, 3.05) is 6.54 Å². The Bertz CT molecular complexity index is 801. The van der Waals surface area contributed by atoms with E-state index in [1.807, 2.05) is 42.7 Å². The molecule has 0 radical (unpaired) electrons. The summed E-state index contributed by atoms with van der Waals surface area (Å²) in [5.74, 6) is 0. The van der Waals surface area contributed by atoms with Crippen LogP contribution in [0.1, 0.15) is 36.6 Å². The van der Waals surface area contributed by atoms with Crippen LogP contribution in [0.3, 0.4) is 0 Å². The Balaban J connectivity index is 1.47. The summed E-state index contributed by atoms with van der Waals surface area (Å²) in [7, 11) is 0. The van der Waals surface area contributed by atoms with E-state index in [0.717, 1.165) is 37.1 Å². The van der Waals surface area contributed by atoms with E-state index in [1.54, 1.807) is 12.4 Å². The van der Waals surface area contributed by atoms with Gasteiger partial charge in [-0.05, 0) is 31.4 Å². The van der Waals surface area contributed by atoms with Crippen molar-refractivity contribution in [2.45, 2.75) is 38.0 Å². The average molecular weight is 322 g/mol. The van der Waals surface area contributed by atoms with Crippen LogP contribution in [0, 0.1) is 0 Å². The van der Waals surface area contributed by atoms with E-state index in [2.05, 4.69) is 19.3 Å². The van der Waals surface area contributed by atoms with E-state index in [-0.39, 0.29) is 0 Å². The molecular weight excluding hydrogens is 300 g/mol. The van der Waals surface area contributed by atoms with E-state index in [9.17, 15) is 5.11 Å². The van der Waals surface area contributed by atoms with Gasteiger partial charge in [-0.1, -0.05) is 30.3 Å². The molecule has 0 amide bonds. The zero-order chi connectivity index (χ0) is 16.4. The molecule has 0 aliphatic carbocycles. The third-order valence-corrected chi connectivity index (χ3v) is 4.94. The van der Waals surface area contributed by atoms with Crippen LogP contribution < -0.4 is 0 Å². The minimum atomic E-state index is -0.400. The summed E-state index contributed by atoms with van der Waals surface area (Å²) in [6, 6.07) is 10.4. The fourth-order valence-corrected chi connectivity index (χ4v) is 3.66. The largest absolute Gasteiger partial charge is 0.388 e. The van der Waals surface area contributed by atoms with Gasteiger partial charge in [-0.25, -0.2) is 4.98 Å². The number of imidazole rings is 1. The molecule has 1 aromatic carbocycles. The van der Waals surface area contributed by atoms with E-state index in [4.69, 9.17) is 0 Å². The average Bonchev–Trinajstić information content (AvgIpc) is 3.24. The fraction of sp³-hybridized carbons (Fsp3) is 0.368. The number of rotatable bonds is 5. The highest BCUT2D eigenvalue weighted by Gasteiger charge is 2.27. The molecule has 5 heteroatoms. The molecule has 2 atom stereocenters. The van der Waals surface area contributed by atoms with Gasteiger partial charge in [0.2, 0.25) is 0 Å². The normalized spacial score (nSPS) is 19.8. The van der Waals surface area contributed by atoms with Gasteiger partial charge in [0.1, 0.15) is 0 Å². The lowest BCUT2D eigenvalue weighted by molar-refractivity contribution is 0.117. The molecule has 24 heavy (non-hydrogen) atoms. The van der Waals surface area contributed by atoms with Gasteiger partial charge in [-0.2, -0.15) is 0 Å².